The fraction of sp³-hybridized carbons (Fsp3) is 0.474. The fourth-order valence-electron chi connectivity index (χ4n) is 2.97. The standard InChI is InChI=1S/C19H24FN3OS2/c1-13(2)23-10-9-16-17(12-23)26-19(21-16)22-18(24)4-3-11-25-15-7-5-14(20)6-8-15/h5-8,13H,3-4,9-12H2,1-2H3,(H,21,22,24)/p+1. The van der Waals surface area contributed by atoms with Crippen molar-refractivity contribution in [3.05, 3.63) is 40.7 Å². The number of rotatable bonds is 7. The van der Waals surface area contributed by atoms with E-state index in [0.717, 1.165) is 47.4 Å². The number of benzene rings is 1. The molecule has 4 nitrogen and oxygen atoms in total. The lowest BCUT2D eigenvalue weighted by Crippen LogP contribution is -3.14. The molecule has 1 aliphatic heterocycles. The minimum absolute atomic E-state index is 0.0175. The minimum atomic E-state index is -0.224. The summed E-state index contributed by atoms with van der Waals surface area (Å²) >= 11 is 3.26. The predicted molar refractivity (Wildman–Crippen MR) is 105 cm³/mol. The van der Waals surface area contributed by atoms with Crippen LogP contribution < -0.4 is 10.2 Å². The van der Waals surface area contributed by atoms with Gasteiger partial charge in [-0.3, -0.25) is 4.79 Å². The second kappa shape index (κ2) is 8.97. The molecule has 1 aliphatic rings. The van der Waals surface area contributed by atoms with Gasteiger partial charge in [0.05, 0.1) is 23.2 Å². The molecule has 0 aliphatic carbocycles. The number of quaternary nitrogens is 1. The summed E-state index contributed by atoms with van der Waals surface area (Å²) in [7, 11) is 0. The average molecular weight is 395 g/mol. The lowest BCUT2D eigenvalue weighted by molar-refractivity contribution is -0.936. The van der Waals surface area contributed by atoms with Crippen molar-refractivity contribution in [2.45, 2.75) is 50.6 Å². The molecule has 26 heavy (non-hydrogen) atoms. The smallest absolute Gasteiger partial charge is 0.226 e. The van der Waals surface area contributed by atoms with E-state index in [9.17, 15) is 9.18 Å². The highest BCUT2D eigenvalue weighted by Crippen LogP contribution is 2.25. The Morgan fingerprint density at radius 1 is 1.38 bits per heavy atom. The molecule has 1 aromatic carbocycles. The van der Waals surface area contributed by atoms with Crippen molar-refractivity contribution in [1.82, 2.24) is 4.98 Å². The molecule has 1 aromatic heterocycles. The SMILES string of the molecule is CC(C)[NH+]1CCc2nc(NC(=O)CCCSc3ccc(F)cc3)sc2C1. The fourth-order valence-corrected chi connectivity index (χ4v) is 4.90. The summed E-state index contributed by atoms with van der Waals surface area (Å²) in [5.74, 6) is 0.627. The highest BCUT2D eigenvalue weighted by Gasteiger charge is 2.25. The van der Waals surface area contributed by atoms with Crippen molar-refractivity contribution >= 4 is 34.1 Å². The van der Waals surface area contributed by atoms with Crippen molar-refractivity contribution < 1.29 is 14.1 Å². The van der Waals surface area contributed by atoms with Crippen LogP contribution in [-0.2, 0) is 17.8 Å². The average Bonchev–Trinajstić information content (AvgIpc) is 3.01. The highest BCUT2D eigenvalue weighted by molar-refractivity contribution is 7.99. The van der Waals surface area contributed by atoms with Crippen LogP contribution in [-0.4, -0.2) is 29.2 Å². The summed E-state index contributed by atoms with van der Waals surface area (Å²) in [4.78, 5) is 20.7. The third-order valence-electron chi connectivity index (χ3n) is 4.54. The normalized spacial score (nSPS) is 16.5. The van der Waals surface area contributed by atoms with Crippen LogP contribution in [0.2, 0.25) is 0 Å². The van der Waals surface area contributed by atoms with Crippen LogP contribution in [0.4, 0.5) is 9.52 Å². The van der Waals surface area contributed by atoms with Gasteiger partial charge < -0.3 is 10.2 Å². The second-order valence-corrected chi connectivity index (χ2v) is 9.08. The Labute approximate surface area is 162 Å². The zero-order valence-corrected chi connectivity index (χ0v) is 16.8. The van der Waals surface area contributed by atoms with Gasteiger partial charge in [0.25, 0.3) is 0 Å². The van der Waals surface area contributed by atoms with Crippen LogP contribution in [0.3, 0.4) is 0 Å². The van der Waals surface area contributed by atoms with Crippen LogP contribution in [0.25, 0.3) is 0 Å². The molecule has 0 radical (unpaired) electrons. The van der Waals surface area contributed by atoms with Crippen molar-refractivity contribution in [3.8, 4) is 0 Å². The summed E-state index contributed by atoms with van der Waals surface area (Å²) in [5.41, 5.74) is 1.15. The first-order valence-electron chi connectivity index (χ1n) is 9.02. The summed E-state index contributed by atoms with van der Waals surface area (Å²) in [6, 6.07) is 7.07. The molecular formula is C19H25FN3OS2+. The van der Waals surface area contributed by atoms with E-state index >= 15 is 0 Å². The van der Waals surface area contributed by atoms with E-state index in [0.29, 0.717) is 12.5 Å². The van der Waals surface area contributed by atoms with Gasteiger partial charge in [-0.25, -0.2) is 9.37 Å². The van der Waals surface area contributed by atoms with E-state index in [4.69, 9.17) is 0 Å². The molecule has 2 aromatic rings. The Balaban J connectivity index is 1.42. The van der Waals surface area contributed by atoms with Crippen molar-refractivity contribution in [2.75, 3.05) is 17.6 Å². The number of anilines is 1. The summed E-state index contributed by atoms with van der Waals surface area (Å²) < 4.78 is 12.9. The number of amides is 1. The first-order valence-corrected chi connectivity index (χ1v) is 10.8. The maximum Gasteiger partial charge on any atom is 0.226 e. The number of aromatic nitrogens is 1. The molecular weight excluding hydrogens is 369 g/mol. The largest absolute Gasteiger partial charge is 0.328 e. The molecule has 7 heteroatoms. The number of thioether (sulfide) groups is 1. The Hall–Kier alpha value is -1.44. The minimum Gasteiger partial charge on any atom is -0.328 e. The van der Waals surface area contributed by atoms with E-state index in [-0.39, 0.29) is 11.7 Å². The third kappa shape index (κ3) is 5.28. The Kier molecular flexibility index (Phi) is 6.67. The topological polar surface area (TPSA) is 46.4 Å². The molecule has 1 unspecified atom stereocenters. The maximum absolute atomic E-state index is 12.9. The third-order valence-corrected chi connectivity index (χ3v) is 6.65. The van der Waals surface area contributed by atoms with Gasteiger partial charge in [-0.15, -0.1) is 11.8 Å². The molecule has 0 bridgehead atoms. The number of fused-ring (bicyclic) bond motifs is 1. The van der Waals surface area contributed by atoms with E-state index in [1.807, 2.05) is 0 Å². The van der Waals surface area contributed by atoms with Crippen LogP contribution in [0.1, 0.15) is 37.3 Å². The van der Waals surface area contributed by atoms with E-state index < -0.39 is 0 Å². The number of hydrogen-bond donors (Lipinski definition) is 2. The van der Waals surface area contributed by atoms with E-state index in [2.05, 4.69) is 24.1 Å². The number of nitrogens with one attached hydrogen (secondary N) is 2. The molecule has 1 amide bonds. The van der Waals surface area contributed by atoms with Crippen LogP contribution in [0.15, 0.2) is 29.2 Å². The highest BCUT2D eigenvalue weighted by atomic mass is 32.2. The quantitative estimate of drug-likeness (QED) is 0.560. The van der Waals surface area contributed by atoms with Crippen molar-refractivity contribution in [3.63, 3.8) is 0 Å². The van der Waals surface area contributed by atoms with E-state index in [1.54, 1.807) is 40.1 Å². The van der Waals surface area contributed by atoms with Gasteiger partial charge in [-0.05, 0) is 50.3 Å². The number of hydrogen-bond acceptors (Lipinski definition) is 4. The number of nitrogens with zero attached hydrogens (tertiary/aromatic N) is 1. The number of thiazole rings is 1. The lowest BCUT2D eigenvalue weighted by atomic mass is 10.1. The number of halogens is 1. The molecule has 2 N–H and O–H groups in total. The second-order valence-electron chi connectivity index (χ2n) is 6.83. The van der Waals surface area contributed by atoms with Crippen molar-refractivity contribution in [2.24, 2.45) is 0 Å². The number of carbonyl (C=O) groups excluding carboxylic acids is 1. The van der Waals surface area contributed by atoms with Crippen LogP contribution >= 0.6 is 23.1 Å². The lowest BCUT2D eigenvalue weighted by Gasteiger charge is -2.26. The molecule has 0 saturated carbocycles. The zero-order valence-electron chi connectivity index (χ0n) is 15.2. The van der Waals surface area contributed by atoms with Gasteiger partial charge >= 0.3 is 0 Å². The van der Waals surface area contributed by atoms with E-state index in [1.165, 1.54) is 17.0 Å². The Morgan fingerprint density at radius 3 is 2.88 bits per heavy atom. The van der Waals surface area contributed by atoms with Gasteiger partial charge in [0, 0.05) is 17.7 Å². The first-order chi connectivity index (χ1) is 12.5. The zero-order chi connectivity index (χ0) is 18.5. The molecule has 3 rings (SSSR count). The monoisotopic (exact) mass is 394 g/mol. The van der Waals surface area contributed by atoms with Gasteiger partial charge in [-0.2, -0.15) is 0 Å². The predicted octanol–water partition coefficient (Wildman–Crippen LogP) is 3.14. The summed E-state index contributed by atoms with van der Waals surface area (Å²) in [6.45, 7) is 6.61. The van der Waals surface area contributed by atoms with Gasteiger partial charge in [-0.1, -0.05) is 11.3 Å². The molecule has 2 heterocycles. The van der Waals surface area contributed by atoms with Crippen molar-refractivity contribution in [1.29, 1.82) is 0 Å². The molecule has 0 saturated heterocycles. The molecule has 0 fully saturated rings. The molecule has 0 spiro atoms. The van der Waals surface area contributed by atoms with Gasteiger partial charge in [0.2, 0.25) is 5.91 Å². The first kappa shape index (κ1) is 19.3. The molecule has 1 atom stereocenters. The maximum atomic E-state index is 12.9. The Morgan fingerprint density at radius 2 is 2.15 bits per heavy atom. The van der Waals surface area contributed by atoms with Gasteiger partial charge in [0.15, 0.2) is 5.13 Å². The van der Waals surface area contributed by atoms with Gasteiger partial charge in [0.1, 0.15) is 12.4 Å². The Bertz CT molecular complexity index is 746. The molecule has 140 valence electrons. The number of carbonyl (C=O) groups is 1. The summed E-state index contributed by atoms with van der Waals surface area (Å²) in [5, 5.41) is 3.68. The van der Waals surface area contributed by atoms with Crippen LogP contribution in [0.5, 0.6) is 0 Å². The summed E-state index contributed by atoms with van der Waals surface area (Å²) in [6.07, 6.45) is 2.25. The van der Waals surface area contributed by atoms with Crippen LogP contribution in [0, 0.1) is 5.82 Å².